The third-order valence-corrected chi connectivity index (χ3v) is 2.54. The van der Waals surface area contributed by atoms with Gasteiger partial charge in [-0.15, -0.1) is 0 Å². The van der Waals surface area contributed by atoms with Crippen LogP contribution in [0.5, 0.6) is 5.75 Å². The molecule has 0 saturated heterocycles. The lowest BCUT2D eigenvalue weighted by molar-refractivity contribution is 0.199. The largest absolute Gasteiger partial charge is 0.492 e. The predicted octanol–water partition coefficient (Wildman–Crippen LogP) is 2.02. The van der Waals surface area contributed by atoms with Gasteiger partial charge in [-0.2, -0.15) is 0 Å². The summed E-state index contributed by atoms with van der Waals surface area (Å²) in [5, 5.41) is 9.36. The molecule has 1 aromatic carbocycles. The number of benzene rings is 1. The number of aliphatic hydroxyl groups is 1. The lowest BCUT2D eigenvalue weighted by Gasteiger charge is -2.08. The van der Waals surface area contributed by atoms with E-state index in [1.165, 1.54) is 0 Å². The Morgan fingerprint density at radius 1 is 1.35 bits per heavy atom. The van der Waals surface area contributed by atoms with Crippen molar-refractivity contribution >= 4 is 0 Å². The van der Waals surface area contributed by atoms with Crippen molar-refractivity contribution in [2.45, 2.75) is 19.6 Å². The highest BCUT2D eigenvalue weighted by Gasteiger charge is 2.00. The molecular weight excluding hydrogens is 216 g/mol. The summed E-state index contributed by atoms with van der Waals surface area (Å²) in [7, 11) is 0. The fourth-order valence-electron chi connectivity index (χ4n) is 1.53. The molecule has 17 heavy (non-hydrogen) atoms. The van der Waals surface area contributed by atoms with Gasteiger partial charge in [0.1, 0.15) is 12.4 Å². The number of rotatable bonds is 5. The van der Waals surface area contributed by atoms with Gasteiger partial charge in [-0.3, -0.25) is 0 Å². The molecule has 90 valence electrons. The van der Waals surface area contributed by atoms with Gasteiger partial charge >= 0.3 is 0 Å². The number of ether oxygens (including phenoxy) is 1. The van der Waals surface area contributed by atoms with Crippen LogP contribution in [-0.2, 0) is 6.54 Å². The zero-order valence-electron chi connectivity index (χ0n) is 9.78. The summed E-state index contributed by atoms with van der Waals surface area (Å²) < 4.78 is 7.55. The van der Waals surface area contributed by atoms with E-state index in [2.05, 4.69) is 4.98 Å². The average Bonchev–Trinajstić information content (AvgIpc) is 2.83. The Morgan fingerprint density at radius 2 is 2.12 bits per heavy atom. The normalized spacial score (nSPS) is 12.4. The van der Waals surface area contributed by atoms with Gasteiger partial charge in [0.2, 0.25) is 0 Å². The van der Waals surface area contributed by atoms with Crippen LogP contribution in [0.2, 0.25) is 0 Å². The molecule has 0 unspecified atom stereocenters. The maximum absolute atomic E-state index is 9.36. The second kappa shape index (κ2) is 5.50. The van der Waals surface area contributed by atoms with Gasteiger partial charge in [0.15, 0.2) is 0 Å². The van der Waals surface area contributed by atoms with Crippen molar-refractivity contribution in [2.75, 3.05) is 6.61 Å². The van der Waals surface area contributed by atoms with E-state index >= 15 is 0 Å². The van der Waals surface area contributed by atoms with E-state index in [1.807, 2.05) is 35.0 Å². The summed E-state index contributed by atoms with van der Waals surface area (Å²) in [6.07, 6.45) is 4.98. The van der Waals surface area contributed by atoms with Gasteiger partial charge in [-0.25, -0.2) is 4.98 Å². The lowest BCUT2D eigenvalue weighted by Crippen LogP contribution is -2.06. The number of imidazole rings is 1. The molecule has 1 atom stereocenters. The first kappa shape index (κ1) is 11.7. The zero-order chi connectivity index (χ0) is 12.1. The third kappa shape index (κ3) is 3.32. The number of aromatic nitrogens is 2. The maximum Gasteiger partial charge on any atom is 0.119 e. The average molecular weight is 232 g/mol. The van der Waals surface area contributed by atoms with Crippen molar-refractivity contribution in [1.82, 2.24) is 9.55 Å². The van der Waals surface area contributed by atoms with E-state index in [9.17, 15) is 5.11 Å². The number of aliphatic hydroxyl groups excluding tert-OH is 1. The van der Waals surface area contributed by atoms with E-state index < -0.39 is 6.10 Å². The van der Waals surface area contributed by atoms with Crippen LogP contribution in [0.25, 0.3) is 0 Å². The molecule has 0 fully saturated rings. The molecule has 0 aliphatic carbocycles. The fourth-order valence-corrected chi connectivity index (χ4v) is 1.53. The van der Waals surface area contributed by atoms with Gasteiger partial charge in [0, 0.05) is 12.4 Å². The molecule has 0 spiro atoms. The van der Waals surface area contributed by atoms with Crippen molar-refractivity contribution in [3.05, 3.63) is 48.5 Å². The van der Waals surface area contributed by atoms with Crippen LogP contribution in [0, 0.1) is 0 Å². The van der Waals surface area contributed by atoms with Gasteiger partial charge in [0.05, 0.1) is 19.0 Å². The molecule has 0 amide bonds. The predicted molar refractivity (Wildman–Crippen MR) is 64.8 cm³/mol. The second-order valence-electron chi connectivity index (χ2n) is 3.89. The Bertz CT molecular complexity index is 435. The summed E-state index contributed by atoms with van der Waals surface area (Å²) >= 11 is 0. The Morgan fingerprint density at radius 3 is 2.71 bits per heavy atom. The summed E-state index contributed by atoms with van der Waals surface area (Å²) in [4.78, 5) is 3.96. The summed E-state index contributed by atoms with van der Waals surface area (Å²) in [6.45, 7) is 3.12. The molecule has 0 bridgehead atoms. The van der Waals surface area contributed by atoms with Crippen LogP contribution >= 0.6 is 0 Å². The van der Waals surface area contributed by atoms with E-state index in [0.717, 1.165) is 17.9 Å². The van der Waals surface area contributed by atoms with E-state index in [-0.39, 0.29) is 0 Å². The van der Waals surface area contributed by atoms with Gasteiger partial charge in [0.25, 0.3) is 0 Å². The maximum atomic E-state index is 9.36. The fraction of sp³-hybridized carbons (Fsp3) is 0.308. The number of hydrogen-bond acceptors (Lipinski definition) is 3. The Kier molecular flexibility index (Phi) is 3.77. The lowest BCUT2D eigenvalue weighted by atomic mass is 10.1. The molecule has 4 nitrogen and oxygen atoms in total. The van der Waals surface area contributed by atoms with Crippen LogP contribution in [0.3, 0.4) is 0 Å². The molecule has 0 radical (unpaired) electrons. The molecule has 1 aromatic heterocycles. The Labute approximate surface area is 100 Å². The molecule has 0 aliphatic heterocycles. The molecule has 0 saturated carbocycles. The standard InChI is InChI=1S/C13H16N2O2/c1-11(16)12-2-4-13(5-3-12)17-9-8-15-7-6-14-10-15/h2-7,10-11,16H,8-9H2,1H3/t11-/m0/s1. The smallest absolute Gasteiger partial charge is 0.119 e. The highest BCUT2D eigenvalue weighted by Crippen LogP contribution is 2.17. The number of hydrogen-bond donors (Lipinski definition) is 1. The van der Waals surface area contributed by atoms with Crippen LogP contribution in [0.1, 0.15) is 18.6 Å². The summed E-state index contributed by atoms with van der Waals surface area (Å²) in [5.74, 6) is 0.814. The highest BCUT2D eigenvalue weighted by atomic mass is 16.5. The molecule has 2 rings (SSSR count). The van der Waals surface area contributed by atoms with Gasteiger partial charge in [-0.1, -0.05) is 12.1 Å². The van der Waals surface area contributed by atoms with Crippen LogP contribution in [0.15, 0.2) is 43.0 Å². The van der Waals surface area contributed by atoms with Crippen molar-refractivity contribution in [3.8, 4) is 5.75 Å². The monoisotopic (exact) mass is 232 g/mol. The number of nitrogens with zero attached hydrogens (tertiary/aromatic N) is 2. The van der Waals surface area contributed by atoms with E-state index in [4.69, 9.17) is 4.74 Å². The van der Waals surface area contributed by atoms with Gasteiger partial charge in [-0.05, 0) is 24.6 Å². The molecule has 1 N–H and O–H groups in total. The minimum absolute atomic E-state index is 0.435. The topological polar surface area (TPSA) is 47.3 Å². The molecular formula is C13H16N2O2. The highest BCUT2D eigenvalue weighted by molar-refractivity contribution is 5.28. The summed E-state index contributed by atoms with van der Waals surface area (Å²) in [6, 6.07) is 7.49. The molecule has 0 aliphatic rings. The van der Waals surface area contributed by atoms with Crippen molar-refractivity contribution < 1.29 is 9.84 Å². The minimum Gasteiger partial charge on any atom is -0.492 e. The first-order chi connectivity index (χ1) is 8.25. The van der Waals surface area contributed by atoms with Crippen LogP contribution in [-0.4, -0.2) is 21.3 Å². The zero-order valence-corrected chi connectivity index (χ0v) is 9.78. The van der Waals surface area contributed by atoms with Crippen LogP contribution in [0.4, 0.5) is 0 Å². The molecule has 4 heteroatoms. The van der Waals surface area contributed by atoms with E-state index in [0.29, 0.717) is 6.61 Å². The third-order valence-electron chi connectivity index (χ3n) is 2.54. The molecule has 2 aromatic rings. The first-order valence-electron chi connectivity index (χ1n) is 5.62. The van der Waals surface area contributed by atoms with Crippen LogP contribution < -0.4 is 4.74 Å². The second-order valence-corrected chi connectivity index (χ2v) is 3.89. The molecule has 1 heterocycles. The van der Waals surface area contributed by atoms with E-state index in [1.54, 1.807) is 19.4 Å². The Balaban J connectivity index is 1.83. The minimum atomic E-state index is -0.435. The Hall–Kier alpha value is -1.81. The quantitative estimate of drug-likeness (QED) is 0.857. The SMILES string of the molecule is C[C@H](O)c1ccc(OCCn2ccnc2)cc1. The summed E-state index contributed by atoms with van der Waals surface area (Å²) in [5.41, 5.74) is 0.895. The van der Waals surface area contributed by atoms with Crippen molar-refractivity contribution in [2.24, 2.45) is 0 Å². The van der Waals surface area contributed by atoms with Crippen molar-refractivity contribution in [3.63, 3.8) is 0 Å². The van der Waals surface area contributed by atoms with Gasteiger partial charge < -0.3 is 14.4 Å². The van der Waals surface area contributed by atoms with Crippen molar-refractivity contribution in [1.29, 1.82) is 0 Å². The first-order valence-corrected chi connectivity index (χ1v) is 5.62.